The quantitative estimate of drug-likeness (QED) is 0.848. The smallest absolute Gasteiger partial charge is 0.387 e. The van der Waals surface area contributed by atoms with E-state index in [0.29, 0.717) is 10.4 Å². The second-order valence-electron chi connectivity index (χ2n) is 5.25. The Balaban J connectivity index is 2.08. The maximum Gasteiger partial charge on any atom is 0.387 e. The molecule has 124 valence electrons. The molecular weight excluding hydrogens is 324 g/mol. The van der Waals surface area contributed by atoms with Crippen LogP contribution in [0.1, 0.15) is 27.0 Å². The Bertz CT molecular complexity index is 671. The number of alkyl halides is 2. The highest BCUT2D eigenvalue weighted by molar-refractivity contribution is 7.14. The lowest BCUT2D eigenvalue weighted by molar-refractivity contribution is -0.0498. The molecule has 0 aliphatic rings. The number of hydrogen-bond acceptors (Lipinski definition) is 4. The van der Waals surface area contributed by atoms with E-state index in [-0.39, 0.29) is 17.2 Å². The van der Waals surface area contributed by atoms with E-state index in [1.54, 1.807) is 38.1 Å². The number of ether oxygens (including phenoxy) is 1. The van der Waals surface area contributed by atoms with Crippen molar-refractivity contribution in [3.63, 3.8) is 0 Å². The maximum absolute atomic E-state index is 12.4. The molecule has 0 aliphatic heterocycles. The molecular formula is C16H17F2NO3S. The summed E-state index contributed by atoms with van der Waals surface area (Å²) < 4.78 is 29.1. The zero-order valence-corrected chi connectivity index (χ0v) is 13.5. The summed E-state index contributed by atoms with van der Waals surface area (Å²) in [5.74, 6) is -0.714. The van der Waals surface area contributed by atoms with Crippen LogP contribution in [0.2, 0.25) is 0 Å². The molecule has 0 aliphatic carbocycles. The second kappa shape index (κ2) is 7.06. The second-order valence-corrected chi connectivity index (χ2v) is 6.51. The van der Waals surface area contributed by atoms with E-state index in [1.807, 2.05) is 6.07 Å². The van der Waals surface area contributed by atoms with Gasteiger partial charge in [0.15, 0.2) is 0 Å². The minimum atomic E-state index is -3.00. The Kier molecular flexibility index (Phi) is 5.33. The van der Waals surface area contributed by atoms with Gasteiger partial charge in [0.1, 0.15) is 16.2 Å². The summed E-state index contributed by atoms with van der Waals surface area (Å²) >= 11 is 1.06. The van der Waals surface area contributed by atoms with E-state index in [0.717, 1.165) is 11.3 Å². The number of halogens is 2. The average Bonchev–Trinajstić information content (AvgIpc) is 2.85. The van der Waals surface area contributed by atoms with E-state index in [9.17, 15) is 18.7 Å². The first-order chi connectivity index (χ1) is 10.8. The van der Waals surface area contributed by atoms with Crippen molar-refractivity contribution in [3.05, 3.63) is 51.7 Å². The van der Waals surface area contributed by atoms with Gasteiger partial charge < -0.3 is 15.2 Å². The number of benzene rings is 1. The fraction of sp³-hybridized carbons (Fsp3) is 0.312. The molecule has 0 radical (unpaired) electrons. The monoisotopic (exact) mass is 341 g/mol. The van der Waals surface area contributed by atoms with Crippen molar-refractivity contribution < 1.29 is 23.4 Å². The average molecular weight is 341 g/mol. The van der Waals surface area contributed by atoms with Crippen LogP contribution in [0.15, 0.2) is 36.4 Å². The van der Waals surface area contributed by atoms with Gasteiger partial charge in [-0.3, -0.25) is 4.79 Å². The number of carbonyl (C=O) groups is 1. The van der Waals surface area contributed by atoms with Gasteiger partial charge in [0.25, 0.3) is 5.91 Å². The summed E-state index contributed by atoms with van der Waals surface area (Å²) in [5, 5.41) is 13.0. The van der Waals surface area contributed by atoms with Gasteiger partial charge in [-0.2, -0.15) is 8.78 Å². The molecule has 0 bridgehead atoms. The van der Waals surface area contributed by atoms with Gasteiger partial charge in [-0.1, -0.05) is 30.3 Å². The van der Waals surface area contributed by atoms with Crippen molar-refractivity contribution in [1.29, 1.82) is 0 Å². The van der Waals surface area contributed by atoms with E-state index < -0.39 is 18.1 Å². The number of carbonyl (C=O) groups excluding carboxylic acids is 1. The van der Waals surface area contributed by atoms with Crippen LogP contribution < -0.4 is 10.1 Å². The lowest BCUT2D eigenvalue weighted by Gasteiger charge is -2.24. The topological polar surface area (TPSA) is 58.6 Å². The third kappa shape index (κ3) is 4.49. The summed E-state index contributed by atoms with van der Waals surface area (Å²) in [6.45, 7) is 0.211. The number of nitrogens with one attached hydrogen (secondary N) is 1. The molecule has 1 amide bonds. The van der Waals surface area contributed by atoms with Gasteiger partial charge in [-0.25, -0.2) is 0 Å². The van der Waals surface area contributed by atoms with Gasteiger partial charge in [-0.15, -0.1) is 11.3 Å². The summed E-state index contributed by atoms with van der Waals surface area (Å²) in [6.07, 6.45) is 0. The molecule has 1 aromatic carbocycles. The molecule has 1 heterocycles. The molecule has 1 atom stereocenters. The normalized spacial score (nSPS) is 13.7. The SMILES string of the molecule is Cc1cc(OC(F)F)c(C(=O)NCC(C)(O)c2ccccc2)s1. The van der Waals surface area contributed by atoms with Crippen molar-refractivity contribution >= 4 is 17.2 Å². The van der Waals surface area contributed by atoms with Crippen molar-refractivity contribution in [2.75, 3.05) is 6.54 Å². The molecule has 0 fully saturated rings. The molecule has 1 unspecified atom stereocenters. The Morgan fingerprint density at radius 2 is 2.04 bits per heavy atom. The molecule has 1 aromatic heterocycles. The van der Waals surface area contributed by atoms with Crippen LogP contribution in [0, 0.1) is 6.92 Å². The highest BCUT2D eigenvalue weighted by Crippen LogP contribution is 2.30. The number of amides is 1. The Hall–Kier alpha value is -1.99. The lowest BCUT2D eigenvalue weighted by atomic mass is 9.96. The van der Waals surface area contributed by atoms with Crippen molar-refractivity contribution in [3.8, 4) is 5.75 Å². The van der Waals surface area contributed by atoms with Gasteiger partial charge >= 0.3 is 6.61 Å². The zero-order valence-electron chi connectivity index (χ0n) is 12.7. The Morgan fingerprint density at radius 1 is 1.39 bits per heavy atom. The minimum Gasteiger partial charge on any atom is -0.433 e. The van der Waals surface area contributed by atoms with Crippen LogP contribution in [-0.4, -0.2) is 24.2 Å². The van der Waals surface area contributed by atoms with E-state index in [4.69, 9.17) is 0 Å². The van der Waals surface area contributed by atoms with Crippen molar-refractivity contribution in [1.82, 2.24) is 5.32 Å². The van der Waals surface area contributed by atoms with Crippen LogP contribution in [0.5, 0.6) is 5.75 Å². The van der Waals surface area contributed by atoms with E-state index in [1.165, 1.54) is 6.07 Å². The number of rotatable bonds is 6. The first-order valence-electron chi connectivity index (χ1n) is 6.91. The van der Waals surface area contributed by atoms with Crippen LogP contribution >= 0.6 is 11.3 Å². The molecule has 0 saturated heterocycles. The van der Waals surface area contributed by atoms with Crippen molar-refractivity contribution in [2.45, 2.75) is 26.1 Å². The van der Waals surface area contributed by atoms with Gasteiger partial charge in [0.05, 0.1) is 6.54 Å². The Morgan fingerprint density at radius 3 is 2.65 bits per heavy atom. The van der Waals surface area contributed by atoms with Gasteiger partial charge in [-0.05, 0) is 25.5 Å². The molecule has 23 heavy (non-hydrogen) atoms. The van der Waals surface area contributed by atoms with Crippen LogP contribution in [0.4, 0.5) is 8.78 Å². The highest BCUT2D eigenvalue weighted by atomic mass is 32.1. The fourth-order valence-electron chi connectivity index (χ4n) is 2.06. The van der Waals surface area contributed by atoms with Crippen LogP contribution in [-0.2, 0) is 5.60 Å². The molecule has 2 aromatic rings. The van der Waals surface area contributed by atoms with Gasteiger partial charge in [0, 0.05) is 4.88 Å². The molecule has 7 heteroatoms. The zero-order chi connectivity index (χ0) is 17.0. The largest absolute Gasteiger partial charge is 0.433 e. The first kappa shape index (κ1) is 17.4. The third-order valence-electron chi connectivity index (χ3n) is 3.23. The minimum absolute atomic E-state index is 0.0546. The van der Waals surface area contributed by atoms with Crippen molar-refractivity contribution in [2.24, 2.45) is 0 Å². The summed E-state index contributed by atoms with van der Waals surface area (Å²) in [4.78, 5) is 12.9. The molecule has 2 N–H and O–H groups in total. The molecule has 4 nitrogen and oxygen atoms in total. The number of hydrogen-bond donors (Lipinski definition) is 2. The summed E-state index contributed by atoms with van der Waals surface area (Å²) in [5.41, 5.74) is -0.626. The first-order valence-corrected chi connectivity index (χ1v) is 7.72. The number of aryl methyl sites for hydroxylation is 1. The number of thiophene rings is 1. The lowest BCUT2D eigenvalue weighted by Crippen LogP contribution is -2.38. The van der Waals surface area contributed by atoms with Gasteiger partial charge in [0.2, 0.25) is 0 Å². The maximum atomic E-state index is 12.4. The fourth-order valence-corrected chi connectivity index (χ4v) is 2.93. The highest BCUT2D eigenvalue weighted by Gasteiger charge is 2.25. The molecule has 0 spiro atoms. The van der Waals surface area contributed by atoms with Crippen LogP contribution in [0.25, 0.3) is 0 Å². The standard InChI is InChI=1S/C16H17F2NO3S/c1-10-8-12(22-15(17)18)13(23-10)14(20)19-9-16(2,21)11-6-4-3-5-7-11/h3-8,15,21H,9H2,1-2H3,(H,19,20). The van der Waals surface area contributed by atoms with Crippen LogP contribution in [0.3, 0.4) is 0 Å². The van der Waals surface area contributed by atoms with E-state index >= 15 is 0 Å². The molecule has 2 rings (SSSR count). The molecule has 0 saturated carbocycles. The predicted molar refractivity (Wildman–Crippen MR) is 84.0 cm³/mol. The summed E-state index contributed by atoms with van der Waals surface area (Å²) in [7, 11) is 0. The number of aliphatic hydroxyl groups is 1. The van der Waals surface area contributed by atoms with E-state index in [2.05, 4.69) is 10.1 Å². The predicted octanol–water partition coefficient (Wildman–Crippen LogP) is 3.30. The third-order valence-corrected chi connectivity index (χ3v) is 4.26. The Labute approximate surface area is 136 Å². The summed E-state index contributed by atoms with van der Waals surface area (Å²) in [6, 6.07) is 10.3.